The second-order valence-corrected chi connectivity index (χ2v) is 8.66. The molecule has 0 spiro atoms. The number of carbonyl (C=O) groups excluding carboxylic acids is 2. The topological polar surface area (TPSA) is 52.7 Å². The molecule has 164 valence electrons. The predicted molar refractivity (Wildman–Crippen MR) is 108 cm³/mol. The van der Waals surface area contributed by atoms with Crippen molar-refractivity contribution in [2.45, 2.75) is 51.1 Å². The maximum absolute atomic E-state index is 13.3. The van der Waals surface area contributed by atoms with Crippen LogP contribution in [0.1, 0.15) is 50.5 Å². The zero-order valence-corrected chi connectivity index (χ0v) is 17.0. The number of amides is 2. The lowest BCUT2D eigenvalue weighted by molar-refractivity contribution is -0.138. The summed E-state index contributed by atoms with van der Waals surface area (Å²) in [5.41, 5.74) is 0.0767. The number of nitrogens with zero attached hydrogens (tertiary/aromatic N) is 2. The fourth-order valence-electron chi connectivity index (χ4n) is 4.44. The van der Waals surface area contributed by atoms with Crippen molar-refractivity contribution in [3.05, 3.63) is 23.8 Å². The largest absolute Gasteiger partial charge is 0.416 e. The average Bonchev–Trinajstić information content (AvgIpc) is 3.58. The minimum Gasteiger partial charge on any atom is -0.370 e. The maximum atomic E-state index is 13.3. The number of rotatable bonds is 4. The Kier molecular flexibility index (Phi) is 5.93. The third-order valence-corrected chi connectivity index (χ3v) is 6.31. The van der Waals surface area contributed by atoms with Gasteiger partial charge in [-0.05, 0) is 63.1 Å². The van der Waals surface area contributed by atoms with E-state index in [1.54, 1.807) is 4.90 Å². The summed E-state index contributed by atoms with van der Waals surface area (Å²) in [5, 5.41) is 2.78. The van der Waals surface area contributed by atoms with Gasteiger partial charge >= 0.3 is 6.18 Å². The lowest BCUT2D eigenvalue weighted by atomic mass is 9.96. The van der Waals surface area contributed by atoms with Gasteiger partial charge in [-0.2, -0.15) is 13.2 Å². The molecule has 3 aliphatic rings. The Hall–Kier alpha value is -2.25. The van der Waals surface area contributed by atoms with Crippen LogP contribution in [-0.4, -0.2) is 42.9 Å². The highest BCUT2D eigenvalue weighted by Gasteiger charge is 2.37. The fraction of sp³-hybridized carbons (Fsp3) is 0.636. The van der Waals surface area contributed by atoms with E-state index in [2.05, 4.69) is 5.32 Å². The molecule has 1 atom stereocenters. The summed E-state index contributed by atoms with van der Waals surface area (Å²) in [5.74, 6) is -0.493. The monoisotopic (exact) mass is 423 g/mol. The van der Waals surface area contributed by atoms with Gasteiger partial charge in [0.1, 0.15) is 0 Å². The van der Waals surface area contributed by atoms with E-state index in [9.17, 15) is 22.8 Å². The Balaban J connectivity index is 1.52. The first-order chi connectivity index (χ1) is 14.3. The molecule has 1 aromatic rings. The van der Waals surface area contributed by atoms with Gasteiger partial charge in [0.15, 0.2) is 0 Å². The number of alkyl halides is 3. The van der Waals surface area contributed by atoms with Gasteiger partial charge in [-0.3, -0.25) is 9.59 Å². The maximum Gasteiger partial charge on any atom is 0.416 e. The first-order valence-electron chi connectivity index (χ1n) is 10.9. The van der Waals surface area contributed by atoms with Crippen molar-refractivity contribution < 1.29 is 22.8 Å². The van der Waals surface area contributed by atoms with Crippen molar-refractivity contribution in [3.8, 4) is 0 Å². The van der Waals surface area contributed by atoms with Gasteiger partial charge in [-0.1, -0.05) is 0 Å². The minimum absolute atomic E-state index is 0.0981. The summed E-state index contributed by atoms with van der Waals surface area (Å²) in [4.78, 5) is 29.1. The Morgan fingerprint density at radius 1 is 0.933 bits per heavy atom. The lowest BCUT2D eigenvalue weighted by Gasteiger charge is -2.33. The summed E-state index contributed by atoms with van der Waals surface area (Å²) < 4.78 is 39.9. The highest BCUT2D eigenvalue weighted by atomic mass is 19.4. The third-order valence-electron chi connectivity index (χ3n) is 6.31. The van der Waals surface area contributed by atoms with Gasteiger partial charge in [0, 0.05) is 32.1 Å². The normalized spacial score (nSPS) is 22.7. The summed E-state index contributed by atoms with van der Waals surface area (Å²) in [6, 6.07) is 3.58. The molecule has 3 fully saturated rings. The van der Waals surface area contributed by atoms with Crippen LogP contribution in [0.25, 0.3) is 0 Å². The second-order valence-electron chi connectivity index (χ2n) is 8.66. The smallest absolute Gasteiger partial charge is 0.370 e. The van der Waals surface area contributed by atoms with Gasteiger partial charge in [0.2, 0.25) is 11.8 Å². The Morgan fingerprint density at radius 2 is 1.67 bits per heavy atom. The van der Waals surface area contributed by atoms with E-state index in [0.29, 0.717) is 25.2 Å². The van der Waals surface area contributed by atoms with Crippen LogP contribution < -0.4 is 10.2 Å². The lowest BCUT2D eigenvalue weighted by Crippen LogP contribution is -2.44. The first kappa shape index (κ1) is 21.0. The molecule has 2 aliphatic heterocycles. The molecule has 0 bridgehead atoms. The Morgan fingerprint density at radius 3 is 2.33 bits per heavy atom. The molecule has 30 heavy (non-hydrogen) atoms. The van der Waals surface area contributed by atoms with E-state index in [-0.39, 0.29) is 23.4 Å². The molecular weight excluding hydrogens is 395 g/mol. The number of nitrogens with one attached hydrogen (secondary N) is 1. The van der Waals surface area contributed by atoms with E-state index in [0.717, 1.165) is 63.7 Å². The average molecular weight is 423 g/mol. The van der Waals surface area contributed by atoms with Crippen molar-refractivity contribution in [3.63, 3.8) is 0 Å². The molecule has 8 heteroatoms. The summed E-state index contributed by atoms with van der Waals surface area (Å²) >= 11 is 0. The number of hydrogen-bond acceptors (Lipinski definition) is 3. The van der Waals surface area contributed by atoms with Gasteiger partial charge in [0.25, 0.3) is 0 Å². The first-order valence-corrected chi connectivity index (χ1v) is 10.9. The van der Waals surface area contributed by atoms with Crippen LogP contribution in [0.2, 0.25) is 0 Å². The van der Waals surface area contributed by atoms with Gasteiger partial charge in [-0.15, -0.1) is 0 Å². The predicted octanol–water partition coefficient (Wildman–Crippen LogP) is 4.28. The number of anilines is 2. The van der Waals surface area contributed by atoms with Crippen molar-refractivity contribution in [2.24, 2.45) is 11.8 Å². The molecule has 1 unspecified atom stereocenters. The fourth-order valence-corrected chi connectivity index (χ4v) is 4.44. The second kappa shape index (κ2) is 8.47. The van der Waals surface area contributed by atoms with Crippen LogP contribution in [0.4, 0.5) is 24.5 Å². The van der Waals surface area contributed by atoms with E-state index >= 15 is 0 Å². The van der Waals surface area contributed by atoms with Crippen molar-refractivity contribution in [1.29, 1.82) is 0 Å². The summed E-state index contributed by atoms with van der Waals surface area (Å²) in [6.07, 6.45) is 1.79. The summed E-state index contributed by atoms with van der Waals surface area (Å²) in [6.45, 7) is 2.53. The molecular formula is C22H28F3N3O2. The van der Waals surface area contributed by atoms with Crippen LogP contribution in [0.5, 0.6) is 0 Å². The van der Waals surface area contributed by atoms with Gasteiger partial charge in [0.05, 0.1) is 22.9 Å². The van der Waals surface area contributed by atoms with E-state index < -0.39 is 17.7 Å². The highest BCUT2D eigenvalue weighted by Crippen LogP contribution is 2.37. The van der Waals surface area contributed by atoms with Crippen LogP contribution in [0.15, 0.2) is 18.2 Å². The van der Waals surface area contributed by atoms with Gasteiger partial charge < -0.3 is 15.1 Å². The minimum atomic E-state index is -4.47. The Bertz CT molecular complexity index is 801. The number of halogens is 3. The van der Waals surface area contributed by atoms with Crippen LogP contribution in [0, 0.1) is 11.8 Å². The molecule has 1 N–H and O–H groups in total. The van der Waals surface area contributed by atoms with E-state index in [4.69, 9.17) is 0 Å². The number of carbonyl (C=O) groups is 2. The number of hydrogen-bond donors (Lipinski definition) is 1. The quantitative estimate of drug-likeness (QED) is 0.786. The zero-order valence-electron chi connectivity index (χ0n) is 17.0. The molecule has 1 aromatic carbocycles. The molecule has 0 aromatic heterocycles. The molecule has 2 amide bonds. The molecule has 2 saturated heterocycles. The van der Waals surface area contributed by atoms with Crippen LogP contribution in [-0.2, 0) is 15.8 Å². The molecule has 0 radical (unpaired) electrons. The molecule has 5 nitrogen and oxygen atoms in total. The highest BCUT2D eigenvalue weighted by molar-refractivity contribution is 5.96. The molecule has 1 aliphatic carbocycles. The van der Waals surface area contributed by atoms with E-state index in [1.165, 1.54) is 6.07 Å². The Labute approximate surface area is 174 Å². The standard InChI is InChI=1S/C22H28F3N3O2/c23-22(24,25)17-8-9-19(27-10-2-1-3-11-27)18(13-17)26-20(29)16-5-4-12-28(14-16)21(30)15-6-7-15/h8-9,13,15-16H,1-7,10-12,14H2,(H,26,29). The van der Waals surface area contributed by atoms with Crippen molar-refractivity contribution in [1.82, 2.24) is 4.90 Å². The van der Waals surface area contributed by atoms with Crippen LogP contribution >= 0.6 is 0 Å². The van der Waals surface area contributed by atoms with Gasteiger partial charge in [-0.25, -0.2) is 0 Å². The molecule has 1 saturated carbocycles. The van der Waals surface area contributed by atoms with E-state index in [1.807, 2.05) is 4.90 Å². The SMILES string of the molecule is O=C(Nc1cc(C(F)(F)F)ccc1N1CCCCC1)C1CCCN(C(=O)C2CC2)C1. The number of benzene rings is 1. The number of likely N-dealkylation sites (tertiary alicyclic amines) is 1. The third kappa shape index (κ3) is 4.73. The van der Waals surface area contributed by atoms with Crippen molar-refractivity contribution >= 4 is 23.2 Å². The number of piperidine rings is 2. The molecule has 2 heterocycles. The zero-order chi connectivity index (χ0) is 21.3. The van der Waals surface area contributed by atoms with Crippen LogP contribution in [0.3, 0.4) is 0 Å². The molecule has 4 rings (SSSR count). The summed E-state index contributed by atoms with van der Waals surface area (Å²) in [7, 11) is 0. The van der Waals surface area contributed by atoms with Crippen molar-refractivity contribution in [2.75, 3.05) is 36.4 Å².